The molecule has 8 nitrogen and oxygen atoms in total. The highest BCUT2D eigenvalue weighted by Crippen LogP contribution is 2.13. The van der Waals surface area contributed by atoms with Gasteiger partial charge in [-0.1, -0.05) is 158 Å². The number of carbonyl (C=O) groups is 3. The molecule has 0 aromatic rings. The number of aliphatic carboxylic acids is 1. The van der Waals surface area contributed by atoms with Crippen molar-refractivity contribution in [2.75, 3.05) is 41.0 Å². The van der Waals surface area contributed by atoms with Crippen molar-refractivity contribution in [3.63, 3.8) is 0 Å². The lowest BCUT2D eigenvalue weighted by Crippen LogP contribution is -2.55. The summed E-state index contributed by atoms with van der Waals surface area (Å²) < 4.78 is 17.1. The first-order chi connectivity index (χ1) is 25.1. The summed E-state index contributed by atoms with van der Waals surface area (Å²) in [5.41, 5.74) is 0. The third kappa shape index (κ3) is 32.9. The second-order valence-electron chi connectivity index (χ2n) is 14.6. The molecule has 0 rings (SSSR count). The highest BCUT2D eigenvalue weighted by Gasteiger charge is 2.25. The van der Waals surface area contributed by atoms with Crippen LogP contribution in [0.25, 0.3) is 0 Å². The number of allylic oxidation sites excluding steroid dienone is 10. The molecule has 0 amide bonds. The Balaban J connectivity index is 4.45. The molecule has 0 aliphatic heterocycles. The van der Waals surface area contributed by atoms with Gasteiger partial charge < -0.3 is 28.6 Å². The predicted octanol–water partition coefficient (Wildman–Crippen LogP) is 9.30. The normalized spacial score (nSPS) is 13.6. The minimum Gasteiger partial charge on any atom is -0.544 e. The Morgan fingerprint density at radius 1 is 0.577 bits per heavy atom. The monoisotopic (exact) mass is 730 g/mol. The molecule has 298 valence electrons. The Bertz CT molecular complexity index is 1040. The van der Waals surface area contributed by atoms with E-state index in [0.29, 0.717) is 12.8 Å². The minimum atomic E-state index is -1.13. The highest BCUT2D eigenvalue weighted by atomic mass is 16.6. The number of likely N-dealkylation sites (N-methyl/N-ethyl adjacent to an activating group) is 1. The summed E-state index contributed by atoms with van der Waals surface area (Å²) >= 11 is 0. The number of hydrogen-bond donors (Lipinski definition) is 0. The lowest BCUT2D eigenvalue weighted by Gasteiger charge is -2.34. The van der Waals surface area contributed by atoms with Crippen LogP contribution in [0.1, 0.15) is 149 Å². The number of hydrogen-bond acceptors (Lipinski definition) is 7. The largest absolute Gasteiger partial charge is 0.544 e. The molecule has 0 saturated heterocycles. The van der Waals surface area contributed by atoms with Gasteiger partial charge in [0.25, 0.3) is 0 Å². The van der Waals surface area contributed by atoms with Crippen LogP contribution in [0.2, 0.25) is 0 Å². The molecule has 0 bridgehead atoms. The molecule has 52 heavy (non-hydrogen) atoms. The summed E-state index contributed by atoms with van der Waals surface area (Å²) in [6.45, 7) is 4.51. The van der Waals surface area contributed by atoms with E-state index in [1.165, 1.54) is 51.4 Å². The van der Waals surface area contributed by atoms with E-state index in [9.17, 15) is 19.5 Å². The van der Waals surface area contributed by atoms with Crippen molar-refractivity contribution in [2.24, 2.45) is 0 Å². The van der Waals surface area contributed by atoms with Crippen molar-refractivity contribution in [3.8, 4) is 0 Å². The first-order valence-corrected chi connectivity index (χ1v) is 20.4. The van der Waals surface area contributed by atoms with Gasteiger partial charge in [0.15, 0.2) is 6.10 Å². The second-order valence-corrected chi connectivity index (χ2v) is 14.6. The van der Waals surface area contributed by atoms with E-state index in [-0.39, 0.29) is 42.7 Å². The maximum atomic E-state index is 12.7. The van der Waals surface area contributed by atoms with Gasteiger partial charge in [0, 0.05) is 19.3 Å². The van der Waals surface area contributed by atoms with Crippen LogP contribution in [0, 0.1) is 0 Å². The van der Waals surface area contributed by atoms with E-state index in [1.807, 2.05) is 36.5 Å². The van der Waals surface area contributed by atoms with Crippen LogP contribution in [0.15, 0.2) is 60.8 Å². The van der Waals surface area contributed by atoms with Crippen LogP contribution in [0.4, 0.5) is 0 Å². The summed E-state index contributed by atoms with van der Waals surface area (Å²) in [6.07, 6.45) is 40.9. The molecule has 0 N–H and O–H groups in total. The molecule has 0 aromatic carbocycles. The van der Waals surface area contributed by atoms with E-state index in [4.69, 9.17) is 14.2 Å². The summed E-state index contributed by atoms with van der Waals surface area (Å²) in [6, 6.07) is -0.731. The molecule has 8 heteroatoms. The minimum absolute atomic E-state index is 0.0287. The van der Waals surface area contributed by atoms with Gasteiger partial charge in [0.2, 0.25) is 0 Å². The van der Waals surface area contributed by atoms with E-state index in [2.05, 4.69) is 38.2 Å². The summed E-state index contributed by atoms with van der Waals surface area (Å²) in [5, 5.41) is 11.6. The average molecular weight is 730 g/mol. The summed E-state index contributed by atoms with van der Waals surface area (Å²) in [4.78, 5) is 36.7. The van der Waals surface area contributed by atoms with Gasteiger partial charge in [-0.3, -0.25) is 9.59 Å². The van der Waals surface area contributed by atoms with Crippen LogP contribution in [0.5, 0.6) is 0 Å². The number of carbonyl (C=O) groups excluding carboxylic acids is 3. The average Bonchev–Trinajstić information content (AvgIpc) is 3.09. The third-order valence-corrected chi connectivity index (χ3v) is 8.77. The smallest absolute Gasteiger partial charge is 0.306 e. The fourth-order valence-corrected chi connectivity index (χ4v) is 5.57. The number of quaternary nitrogens is 1. The van der Waals surface area contributed by atoms with Crippen molar-refractivity contribution in [1.29, 1.82) is 0 Å². The molecule has 0 aliphatic carbocycles. The van der Waals surface area contributed by atoms with Crippen molar-refractivity contribution in [1.82, 2.24) is 0 Å². The van der Waals surface area contributed by atoms with Gasteiger partial charge >= 0.3 is 11.9 Å². The molecule has 0 fully saturated rings. The van der Waals surface area contributed by atoms with Crippen LogP contribution in [-0.2, 0) is 28.6 Å². The van der Waals surface area contributed by atoms with Crippen LogP contribution < -0.4 is 5.11 Å². The zero-order chi connectivity index (χ0) is 38.5. The predicted molar refractivity (Wildman–Crippen MR) is 212 cm³/mol. The standard InChI is InChI=1S/C44H75NO7/c1-6-8-10-12-14-16-18-19-20-21-22-23-24-25-27-29-31-33-35-43(47)52-40(38-50-37-36-41(44(48)49)45(3,4)5)39-51-42(46)34-32-30-28-26-17-15-13-11-9-7-2/h10,12,14,16,18-23,40-41H,6-9,11,13,15,17,24-39H2,1-5H3/b12-10+,16-14+,19-18+,21-20+,23-22+. The zero-order valence-electron chi connectivity index (χ0n) is 33.7. The Morgan fingerprint density at radius 3 is 1.58 bits per heavy atom. The summed E-state index contributed by atoms with van der Waals surface area (Å²) in [7, 11) is 5.38. The Labute approximate surface area is 318 Å². The number of ether oxygens (including phenoxy) is 3. The maximum absolute atomic E-state index is 12.7. The molecule has 2 unspecified atom stereocenters. The molecular weight excluding hydrogens is 654 g/mol. The highest BCUT2D eigenvalue weighted by molar-refractivity contribution is 5.70. The van der Waals surface area contributed by atoms with E-state index in [1.54, 1.807) is 21.1 Å². The van der Waals surface area contributed by atoms with E-state index >= 15 is 0 Å². The molecule has 0 radical (unpaired) electrons. The number of rotatable bonds is 35. The molecule has 0 saturated carbocycles. The molecule has 2 atom stereocenters. The maximum Gasteiger partial charge on any atom is 0.306 e. The van der Waals surface area contributed by atoms with Crippen molar-refractivity contribution < 1.29 is 38.2 Å². The van der Waals surface area contributed by atoms with Crippen LogP contribution in [-0.4, -0.2) is 75.5 Å². The van der Waals surface area contributed by atoms with Gasteiger partial charge in [-0.25, -0.2) is 0 Å². The molecular formula is C44H75NO7. The molecule has 0 spiro atoms. The Kier molecular flexibility index (Phi) is 33.1. The Morgan fingerprint density at radius 2 is 1.06 bits per heavy atom. The fraction of sp³-hybridized carbons (Fsp3) is 0.705. The number of unbranched alkanes of at least 4 members (excludes halogenated alkanes) is 15. The van der Waals surface area contributed by atoms with Crippen LogP contribution >= 0.6 is 0 Å². The molecule has 0 aliphatic rings. The van der Waals surface area contributed by atoms with Gasteiger partial charge in [0.1, 0.15) is 12.6 Å². The molecule has 0 aromatic heterocycles. The third-order valence-electron chi connectivity index (χ3n) is 8.77. The Hall–Kier alpha value is -2.97. The van der Waals surface area contributed by atoms with Gasteiger partial charge in [-0.05, 0) is 32.1 Å². The number of nitrogens with zero attached hydrogens (tertiary/aromatic N) is 1. The first-order valence-electron chi connectivity index (χ1n) is 20.4. The van der Waals surface area contributed by atoms with Gasteiger partial charge in [0.05, 0.1) is 40.3 Å². The van der Waals surface area contributed by atoms with Crippen molar-refractivity contribution in [3.05, 3.63) is 60.8 Å². The van der Waals surface area contributed by atoms with Crippen LogP contribution in [0.3, 0.4) is 0 Å². The number of carboxylic acids is 1. The first kappa shape index (κ1) is 49.0. The lowest BCUT2D eigenvalue weighted by atomic mass is 10.1. The molecule has 0 heterocycles. The van der Waals surface area contributed by atoms with E-state index in [0.717, 1.165) is 64.2 Å². The quantitative estimate of drug-likeness (QED) is 0.0277. The van der Waals surface area contributed by atoms with Crippen molar-refractivity contribution in [2.45, 2.75) is 161 Å². The zero-order valence-corrected chi connectivity index (χ0v) is 33.7. The number of carboxylic acid groups (broad SMARTS) is 1. The fourth-order valence-electron chi connectivity index (χ4n) is 5.57. The van der Waals surface area contributed by atoms with E-state index < -0.39 is 18.1 Å². The van der Waals surface area contributed by atoms with Gasteiger partial charge in [-0.2, -0.15) is 0 Å². The number of esters is 2. The lowest BCUT2D eigenvalue weighted by molar-refractivity contribution is -0.889. The summed E-state index contributed by atoms with van der Waals surface area (Å²) in [5.74, 6) is -1.78. The van der Waals surface area contributed by atoms with Gasteiger partial charge in [-0.15, -0.1) is 0 Å². The topological polar surface area (TPSA) is 102 Å². The second kappa shape index (κ2) is 35.1. The van der Waals surface area contributed by atoms with Crippen molar-refractivity contribution >= 4 is 17.9 Å². The SMILES string of the molecule is CCC/C=C/C=C/C=C/C=C/C=C/CCCCCCCC(=O)OC(COCCC(C(=O)[O-])[N+](C)(C)C)COC(=O)CCCCCCCCCCCC.